The van der Waals surface area contributed by atoms with E-state index in [0.29, 0.717) is 5.56 Å². The van der Waals surface area contributed by atoms with E-state index in [4.69, 9.17) is 5.11 Å². The van der Waals surface area contributed by atoms with Crippen molar-refractivity contribution >= 4 is 17.7 Å². The van der Waals surface area contributed by atoms with Gasteiger partial charge in [0, 0.05) is 17.9 Å². The molecule has 0 aliphatic rings. The van der Waals surface area contributed by atoms with Crippen LogP contribution >= 0.6 is 11.8 Å². The zero-order chi connectivity index (χ0) is 11.4. The molecule has 1 aromatic heterocycles. The van der Waals surface area contributed by atoms with E-state index in [-0.39, 0.29) is 0 Å². The van der Waals surface area contributed by atoms with Gasteiger partial charge in [0.05, 0.1) is 5.56 Å². The van der Waals surface area contributed by atoms with Gasteiger partial charge in [0.1, 0.15) is 0 Å². The second-order valence-corrected chi connectivity index (χ2v) is 4.57. The quantitative estimate of drug-likeness (QED) is 0.786. The predicted octanol–water partition coefficient (Wildman–Crippen LogP) is 2.56. The van der Waals surface area contributed by atoms with Crippen LogP contribution in [0.4, 0.5) is 0 Å². The Labute approximate surface area is 94.5 Å². The van der Waals surface area contributed by atoms with Gasteiger partial charge in [-0.15, -0.1) is 0 Å². The molecule has 84 valence electrons. The fraction of sp³-hybridized carbons (Fsp3) is 0.545. The topological polar surface area (TPSA) is 42.2 Å². The number of hydrogen-bond acceptors (Lipinski definition) is 2. The Morgan fingerprint density at radius 1 is 1.53 bits per heavy atom. The van der Waals surface area contributed by atoms with E-state index in [9.17, 15) is 4.79 Å². The molecule has 0 aliphatic carbocycles. The van der Waals surface area contributed by atoms with Crippen LogP contribution in [0.25, 0.3) is 0 Å². The van der Waals surface area contributed by atoms with Crippen molar-refractivity contribution in [2.45, 2.75) is 26.8 Å². The van der Waals surface area contributed by atoms with Crippen molar-refractivity contribution < 1.29 is 9.90 Å². The largest absolute Gasteiger partial charge is 0.478 e. The molecule has 0 bridgehead atoms. The second kappa shape index (κ2) is 5.26. The molecular formula is C11H17NO2S. The van der Waals surface area contributed by atoms with Crippen molar-refractivity contribution in [2.75, 3.05) is 12.0 Å². The fourth-order valence-corrected chi connectivity index (χ4v) is 2.15. The number of carboxylic acids is 1. The minimum absolute atomic E-state index is 0.427. The maximum absolute atomic E-state index is 10.9. The molecule has 1 N–H and O–H groups in total. The average molecular weight is 227 g/mol. The molecule has 0 aromatic carbocycles. The smallest absolute Gasteiger partial charge is 0.337 e. The lowest BCUT2D eigenvalue weighted by Gasteiger charge is -2.08. The van der Waals surface area contributed by atoms with Crippen molar-refractivity contribution in [2.24, 2.45) is 0 Å². The summed E-state index contributed by atoms with van der Waals surface area (Å²) >= 11 is 1.82. The Morgan fingerprint density at radius 3 is 2.67 bits per heavy atom. The summed E-state index contributed by atoms with van der Waals surface area (Å²) in [5.74, 6) is 0.277. The molecule has 0 saturated carbocycles. The van der Waals surface area contributed by atoms with Gasteiger partial charge in [-0.05, 0) is 38.3 Å². The maximum atomic E-state index is 10.9. The van der Waals surface area contributed by atoms with Gasteiger partial charge in [0.2, 0.25) is 0 Å². The van der Waals surface area contributed by atoms with Crippen molar-refractivity contribution in [1.29, 1.82) is 0 Å². The molecule has 0 atom stereocenters. The summed E-state index contributed by atoms with van der Waals surface area (Å²) in [6, 6.07) is 1.75. The van der Waals surface area contributed by atoms with Gasteiger partial charge in [-0.2, -0.15) is 11.8 Å². The zero-order valence-corrected chi connectivity index (χ0v) is 10.2. The Hall–Kier alpha value is -0.900. The number of carbonyl (C=O) groups is 1. The van der Waals surface area contributed by atoms with Crippen LogP contribution in [0.5, 0.6) is 0 Å². The molecule has 1 heterocycles. The van der Waals surface area contributed by atoms with Gasteiger partial charge in [0.25, 0.3) is 0 Å². The Bertz CT molecular complexity index is 358. The van der Waals surface area contributed by atoms with E-state index in [0.717, 1.165) is 30.1 Å². The first-order chi connectivity index (χ1) is 7.07. The number of aromatic nitrogens is 1. The van der Waals surface area contributed by atoms with Crippen LogP contribution in [-0.4, -0.2) is 27.7 Å². The number of rotatable bonds is 5. The van der Waals surface area contributed by atoms with Crippen molar-refractivity contribution in [3.05, 3.63) is 23.0 Å². The van der Waals surface area contributed by atoms with Crippen LogP contribution in [0.15, 0.2) is 6.07 Å². The minimum atomic E-state index is -0.834. The molecule has 0 saturated heterocycles. The van der Waals surface area contributed by atoms with Crippen LogP contribution in [0, 0.1) is 13.8 Å². The Balaban J connectivity index is 2.83. The first-order valence-electron chi connectivity index (χ1n) is 4.97. The van der Waals surface area contributed by atoms with Gasteiger partial charge in [-0.3, -0.25) is 0 Å². The lowest BCUT2D eigenvalue weighted by atomic mass is 10.2. The molecule has 15 heavy (non-hydrogen) atoms. The molecule has 1 rings (SSSR count). The third-order valence-electron chi connectivity index (χ3n) is 2.53. The van der Waals surface area contributed by atoms with Gasteiger partial charge in [-0.1, -0.05) is 0 Å². The number of carboxylic acid groups (broad SMARTS) is 1. The summed E-state index contributed by atoms with van der Waals surface area (Å²) in [6.45, 7) is 4.74. The SMILES string of the molecule is CSCCCn1c(C)cc(C(=O)O)c1C. The number of aryl methyl sites for hydroxylation is 1. The lowest BCUT2D eigenvalue weighted by molar-refractivity contribution is 0.0696. The molecule has 0 unspecified atom stereocenters. The molecule has 1 aromatic rings. The van der Waals surface area contributed by atoms with Crippen molar-refractivity contribution in [3.63, 3.8) is 0 Å². The third kappa shape index (κ3) is 2.78. The molecule has 4 heteroatoms. The summed E-state index contributed by atoms with van der Waals surface area (Å²) < 4.78 is 2.08. The number of thioether (sulfide) groups is 1. The van der Waals surface area contributed by atoms with E-state index >= 15 is 0 Å². The van der Waals surface area contributed by atoms with Gasteiger partial charge in [0.15, 0.2) is 0 Å². The van der Waals surface area contributed by atoms with Crippen LogP contribution < -0.4 is 0 Å². The van der Waals surface area contributed by atoms with E-state index in [2.05, 4.69) is 10.8 Å². The zero-order valence-electron chi connectivity index (χ0n) is 9.41. The second-order valence-electron chi connectivity index (χ2n) is 3.59. The lowest BCUT2D eigenvalue weighted by Crippen LogP contribution is -2.05. The standard InChI is InChI=1S/C11H17NO2S/c1-8-7-10(11(13)14)9(2)12(8)5-4-6-15-3/h7H,4-6H2,1-3H3,(H,13,14). The summed E-state index contributed by atoms with van der Waals surface area (Å²) in [4.78, 5) is 10.9. The van der Waals surface area contributed by atoms with Crippen LogP contribution in [0.2, 0.25) is 0 Å². The molecule has 0 amide bonds. The van der Waals surface area contributed by atoms with E-state index < -0.39 is 5.97 Å². The maximum Gasteiger partial charge on any atom is 0.337 e. The fourth-order valence-electron chi connectivity index (χ4n) is 1.73. The number of nitrogens with zero attached hydrogens (tertiary/aromatic N) is 1. The third-order valence-corrected chi connectivity index (χ3v) is 3.23. The number of aromatic carboxylic acids is 1. The first kappa shape index (κ1) is 12.2. The average Bonchev–Trinajstić information content (AvgIpc) is 2.45. The predicted molar refractivity (Wildman–Crippen MR) is 63.9 cm³/mol. The summed E-state index contributed by atoms with van der Waals surface area (Å²) in [7, 11) is 0. The van der Waals surface area contributed by atoms with Crippen LogP contribution in [0.3, 0.4) is 0 Å². The summed E-state index contributed by atoms with van der Waals surface area (Å²) in [5, 5.41) is 8.96. The van der Waals surface area contributed by atoms with Crippen molar-refractivity contribution in [1.82, 2.24) is 4.57 Å². The van der Waals surface area contributed by atoms with Crippen LogP contribution in [0.1, 0.15) is 28.2 Å². The Kier molecular flexibility index (Phi) is 4.27. The van der Waals surface area contributed by atoms with Gasteiger partial charge < -0.3 is 9.67 Å². The monoisotopic (exact) mass is 227 g/mol. The minimum Gasteiger partial charge on any atom is -0.478 e. The highest BCUT2D eigenvalue weighted by atomic mass is 32.2. The van der Waals surface area contributed by atoms with Gasteiger partial charge in [-0.25, -0.2) is 4.79 Å². The van der Waals surface area contributed by atoms with Gasteiger partial charge >= 0.3 is 5.97 Å². The van der Waals surface area contributed by atoms with E-state index in [1.807, 2.05) is 25.6 Å². The molecular weight excluding hydrogens is 210 g/mol. The van der Waals surface area contributed by atoms with Crippen molar-refractivity contribution in [3.8, 4) is 0 Å². The highest BCUT2D eigenvalue weighted by molar-refractivity contribution is 7.98. The van der Waals surface area contributed by atoms with Crippen LogP contribution in [-0.2, 0) is 6.54 Å². The molecule has 3 nitrogen and oxygen atoms in total. The first-order valence-corrected chi connectivity index (χ1v) is 6.36. The van der Waals surface area contributed by atoms with E-state index in [1.54, 1.807) is 6.07 Å². The highest BCUT2D eigenvalue weighted by Crippen LogP contribution is 2.15. The normalized spacial score (nSPS) is 10.6. The molecule has 0 aliphatic heterocycles. The van der Waals surface area contributed by atoms with E-state index in [1.165, 1.54) is 0 Å². The summed E-state index contributed by atoms with van der Waals surface area (Å²) in [5.41, 5.74) is 2.32. The number of hydrogen-bond donors (Lipinski definition) is 1. The molecule has 0 spiro atoms. The molecule has 0 fully saturated rings. The Morgan fingerprint density at radius 2 is 2.20 bits per heavy atom. The highest BCUT2D eigenvalue weighted by Gasteiger charge is 2.13. The summed E-state index contributed by atoms with van der Waals surface area (Å²) in [6.07, 6.45) is 3.16. The molecule has 0 radical (unpaired) electrons.